The minimum absolute atomic E-state index is 0.0563. The Hall–Kier alpha value is -2.67. The highest BCUT2D eigenvalue weighted by molar-refractivity contribution is 5.83. The lowest BCUT2D eigenvalue weighted by molar-refractivity contribution is -0.138. The molecule has 2 aromatic rings. The Morgan fingerprint density at radius 2 is 1.96 bits per heavy atom. The van der Waals surface area contributed by atoms with Gasteiger partial charge < -0.3 is 14.7 Å². The monoisotopic (exact) mass is 384 g/mol. The first-order valence-corrected chi connectivity index (χ1v) is 9.68. The first-order chi connectivity index (χ1) is 13.5. The van der Waals surface area contributed by atoms with Gasteiger partial charge in [0.05, 0.1) is 5.69 Å². The second kappa shape index (κ2) is 9.01. The molecule has 7 nitrogen and oxygen atoms in total. The van der Waals surface area contributed by atoms with Gasteiger partial charge in [-0.15, -0.1) is 0 Å². The quantitative estimate of drug-likeness (QED) is 0.820. The van der Waals surface area contributed by atoms with E-state index in [0.29, 0.717) is 39.0 Å². The molecular formula is C21H28N4O3. The van der Waals surface area contributed by atoms with Crippen LogP contribution in [0.1, 0.15) is 29.0 Å². The van der Waals surface area contributed by atoms with E-state index in [4.69, 9.17) is 4.52 Å². The van der Waals surface area contributed by atoms with E-state index >= 15 is 0 Å². The van der Waals surface area contributed by atoms with E-state index < -0.39 is 0 Å². The van der Waals surface area contributed by atoms with Crippen molar-refractivity contribution in [2.45, 2.75) is 39.3 Å². The molecular weight excluding hydrogens is 356 g/mol. The number of nitrogens with zero attached hydrogens (tertiary/aromatic N) is 3. The summed E-state index contributed by atoms with van der Waals surface area (Å²) in [5.41, 5.74) is 3.00. The molecule has 28 heavy (non-hydrogen) atoms. The van der Waals surface area contributed by atoms with Gasteiger partial charge in [0.25, 0.3) is 0 Å². The maximum Gasteiger partial charge on any atom is 0.238 e. The smallest absolute Gasteiger partial charge is 0.238 e. The summed E-state index contributed by atoms with van der Waals surface area (Å²) in [6, 6.07) is 9.75. The first-order valence-electron chi connectivity index (χ1n) is 9.68. The molecule has 1 fully saturated rings. The number of hydrogen-bond donors (Lipinski definition) is 1. The minimum atomic E-state index is -0.345. The third-order valence-corrected chi connectivity index (χ3v) is 5.39. The summed E-state index contributed by atoms with van der Waals surface area (Å²) in [7, 11) is 1.64. The van der Waals surface area contributed by atoms with Crippen LogP contribution in [0.4, 0.5) is 0 Å². The number of benzene rings is 1. The van der Waals surface area contributed by atoms with Crippen LogP contribution in [-0.4, -0.2) is 59.5 Å². The van der Waals surface area contributed by atoms with E-state index in [9.17, 15) is 9.59 Å². The fourth-order valence-corrected chi connectivity index (χ4v) is 3.72. The Bertz CT molecular complexity index is 799. The van der Waals surface area contributed by atoms with E-state index in [0.717, 1.165) is 22.6 Å². The fourth-order valence-electron chi connectivity index (χ4n) is 3.72. The highest BCUT2D eigenvalue weighted by Crippen LogP contribution is 2.18. The van der Waals surface area contributed by atoms with Crippen molar-refractivity contribution in [1.29, 1.82) is 0 Å². The van der Waals surface area contributed by atoms with Crippen molar-refractivity contribution in [3.8, 4) is 0 Å². The highest BCUT2D eigenvalue weighted by Gasteiger charge is 2.33. The van der Waals surface area contributed by atoms with E-state index in [1.807, 2.05) is 32.0 Å². The Morgan fingerprint density at radius 1 is 1.21 bits per heavy atom. The summed E-state index contributed by atoms with van der Waals surface area (Å²) in [5.74, 6) is 0.772. The van der Waals surface area contributed by atoms with Crippen molar-refractivity contribution < 1.29 is 14.1 Å². The van der Waals surface area contributed by atoms with E-state index in [1.165, 1.54) is 0 Å². The number of hydrogen-bond acceptors (Lipinski definition) is 5. The molecule has 2 heterocycles. The van der Waals surface area contributed by atoms with Crippen LogP contribution in [0.5, 0.6) is 0 Å². The van der Waals surface area contributed by atoms with Gasteiger partial charge in [0.1, 0.15) is 11.8 Å². The molecule has 1 aromatic heterocycles. The third kappa shape index (κ3) is 4.59. The molecule has 150 valence electrons. The largest absolute Gasteiger partial charge is 0.361 e. The van der Waals surface area contributed by atoms with Crippen LogP contribution < -0.4 is 5.32 Å². The lowest BCUT2D eigenvalue weighted by atomic mass is 10.1. The van der Waals surface area contributed by atoms with E-state index in [1.54, 1.807) is 11.9 Å². The second-order valence-corrected chi connectivity index (χ2v) is 7.23. The second-order valence-electron chi connectivity index (χ2n) is 7.23. The number of amides is 2. The maximum absolute atomic E-state index is 12.8. The molecule has 1 atom stereocenters. The van der Waals surface area contributed by atoms with Crippen molar-refractivity contribution in [3.63, 3.8) is 0 Å². The summed E-state index contributed by atoms with van der Waals surface area (Å²) in [6.07, 6.45) is 0.997. The predicted molar refractivity (Wildman–Crippen MR) is 106 cm³/mol. The number of rotatable bonds is 6. The molecule has 3 rings (SSSR count). The summed E-state index contributed by atoms with van der Waals surface area (Å²) >= 11 is 0. The van der Waals surface area contributed by atoms with Crippen molar-refractivity contribution in [2.75, 3.05) is 26.7 Å². The summed E-state index contributed by atoms with van der Waals surface area (Å²) in [6.45, 7) is 6.15. The average Bonchev–Trinajstić information content (AvgIpc) is 3.04. The molecule has 1 saturated heterocycles. The molecule has 2 amide bonds. The molecule has 0 spiro atoms. The topological polar surface area (TPSA) is 78.7 Å². The fraction of sp³-hybridized carbons (Fsp3) is 0.476. The van der Waals surface area contributed by atoms with Crippen LogP contribution in [-0.2, 0) is 22.6 Å². The van der Waals surface area contributed by atoms with Crippen molar-refractivity contribution in [3.05, 3.63) is 52.9 Å². The number of nitrogens with one attached hydrogen (secondary N) is 1. The number of carbonyl (C=O) groups is 2. The van der Waals surface area contributed by atoms with Gasteiger partial charge in [-0.2, -0.15) is 0 Å². The average molecular weight is 384 g/mol. The number of likely N-dealkylation sites (N-methyl/N-ethyl adjacent to an activating group) is 1. The molecule has 1 aliphatic rings. The van der Waals surface area contributed by atoms with Crippen LogP contribution in [0.15, 0.2) is 34.9 Å². The van der Waals surface area contributed by atoms with Crippen molar-refractivity contribution in [1.82, 2.24) is 20.3 Å². The number of piperazine rings is 1. The van der Waals surface area contributed by atoms with Crippen molar-refractivity contribution in [2.24, 2.45) is 0 Å². The van der Waals surface area contributed by atoms with Gasteiger partial charge in [0, 0.05) is 45.2 Å². The molecule has 1 N–H and O–H groups in total. The third-order valence-electron chi connectivity index (χ3n) is 5.39. The van der Waals surface area contributed by atoms with Gasteiger partial charge in [-0.3, -0.25) is 14.5 Å². The van der Waals surface area contributed by atoms with E-state index in [2.05, 4.69) is 27.5 Å². The predicted octanol–water partition coefficient (Wildman–Crippen LogP) is 1.68. The maximum atomic E-state index is 12.8. The molecule has 0 radical (unpaired) electrons. The summed E-state index contributed by atoms with van der Waals surface area (Å²) in [4.78, 5) is 29.2. The number of aryl methyl sites for hydroxylation is 2. The van der Waals surface area contributed by atoms with Crippen molar-refractivity contribution >= 4 is 11.8 Å². The minimum Gasteiger partial charge on any atom is -0.361 e. The Kier molecular flexibility index (Phi) is 6.46. The standard InChI is InChI=1S/C21H28N4O3/c1-15-18(16(2)28-23-15)9-10-20(26)25-12-11-24(19(14-25)21(27)22-3)13-17-7-5-4-6-8-17/h4-8,19H,9-14H2,1-3H3,(H,22,27)/t19-/m0/s1. The molecule has 0 unspecified atom stereocenters. The van der Waals surface area contributed by atoms with Gasteiger partial charge in [-0.05, 0) is 25.8 Å². The van der Waals surface area contributed by atoms with Gasteiger partial charge in [-0.25, -0.2) is 0 Å². The molecule has 1 aliphatic heterocycles. The lowest BCUT2D eigenvalue weighted by Crippen LogP contribution is -2.59. The Morgan fingerprint density at radius 3 is 2.61 bits per heavy atom. The Balaban J connectivity index is 1.63. The Labute approximate surface area is 165 Å². The van der Waals surface area contributed by atoms with Gasteiger partial charge in [0.15, 0.2) is 0 Å². The van der Waals surface area contributed by atoms with Crippen LogP contribution in [0.2, 0.25) is 0 Å². The van der Waals surface area contributed by atoms with Gasteiger partial charge in [-0.1, -0.05) is 35.5 Å². The zero-order valence-electron chi connectivity index (χ0n) is 16.8. The lowest BCUT2D eigenvalue weighted by Gasteiger charge is -2.40. The SMILES string of the molecule is CNC(=O)[C@@H]1CN(C(=O)CCc2c(C)noc2C)CCN1Cc1ccccc1. The normalized spacial score (nSPS) is 17.5. The van der Waals surface area contributed by atoms with Crippen LogP contribution in [0.3, 0.4) is 0 Å². The first kappa shape index (κ1) is 20.1. The van der Waals surface area contributed by atoms with Crippen LogP contribution >= 0.6 is 0 Å². The molecule has 1 aromatic carbocycles. The highest BCUT2D eigenvalue weighted by atomic mass is 16.5. The number of carbonyl (C=O) groups excluding carboxylic acids is 2. The zero-order valence-corrected chi connectivity index (χ0v) is 16.8. The van der Waals surface area contributed by atoms with E-state index in [-0.39, 0.29) is 17.9 Å². The summed E-state index contributed by atoms with van der Waals surface area (Å²) < 4.78 is 5.17. The molecule has 7 heteroatoms. The van der Waals surface area contributed by atoms with Gasteiger partial charge in [0.2, 0.25) is 11.8 Å². The zero-order chi connectivity index (χ0) is 20.1. The summed E-state index contributed by atoms with van der Waals surface area (Å²) in [5, 5.41) is 6.68. The van der Waals surface area contributed by atoms with Crippen LogP contribution in [0.25, 0.3) is 0 Å². The molecule has 0 aliphatic carbocycles. The van der Waals surface area contributed by atoms with Gasteiger partial charge >= 0.3 is 0 Å². The molecule has 0 saturated carbocycles. The van der Waals surface area contributed by atoms with Crippen LogP contribution in [0, 0.1) is 13.8 Å². The molecule has 0 bridgehead atoms. The number of aromatic nitrogens is 1.